The van der Waals surface area contributed by atoms with Crippen molar-refractivity contribution in [2.45, 2.75) is 13.8 Å². The Labute approximate surface area is 185 Å². The molecule has 2 nitrogen and oxygen atoms in total. The van der Waals surface area contributed by atoms with E-state index in [0.29, 0.717) is 0 Å². The summed E-state index contributed by atoms with van der Waals surface area (Å²) in [4.78, 5) is 8.79. The van der Waals surface area contributed by atoms with E-state index in [-0.39, 0.29) is 0 Å². The summed E-state index contributed by atoms with van der Waals surface area (Å²) in [6.07, 6.45) is 3.66. The second kappa shape index (κ2) is 9.26. The molecule has 0 fully saturated rings. The van der Waals surface area contributed by atoms with Gasteiger partial charge in [0.2, 0.25) is 0 Å². The van der Waals surface area contributed by atoms with E-state index in [2.05, 4.69) is 81.4 Å². The normalized spacial score (nSPS) is 10.4. The van der Waals surface area contributed by atoms with E-state index in [1.807, 2.05) is 62.6 Å². The van der Waals surface area contributed by atoms with E-state index in [1.54, 1.807) is 0 Å². The van der Waals surface area contributed by atoms with Gasteiger partial charge >= 0.3 is 0 Å². The van der Waals surface area contributed by atoms with Crippen LogP contribution in [0.2, 0.25) is 0 Å². The third-order valence-corrected chi connectivity index (χ3v) is 8.42. The molecule has 31 heavy (non-hydrogen) atoms. The maximum absolute atomic E-state index is 4.40. The number of aryl methyl sites for hydroxylation is 2. The summed E-state index contributed by atoms with van der Waals surface area (Å²) in [5.74, 6) is 6.77. The molecule has 2 aromatic heterocycles. The number of aromatic nitrogens is 2. The van der Waals surface area contributed by atoms with Gasteiger partial charge in [-0.15, -0.1) is 0 Å². The third kappa shape index (κ3) is 4.81. The molecular formula is C28H22N2Si. The summed E-state index contributed by atoms with van der Waals surface area (Å²) in [6.45, 7) is 3.95. The molecule has 0 N–H and O–H groups in total. The van der Waals surface area contributed by atoms with Crippen molar-refractivity contribution in [1.29, 1.82) is 0 Å². The number of hydrogen-bond donors (Lipinski definition) is 0. The summed E-state index contributed by atoms with van der Waals surface area (Å²) in [5.41, 5.74) is 11.0. The predicted octanol–water partition coefficient (Wildman–Crippen LogP) is 3.84. The largest absolute Gasteiger partial charge is 0.276 e. The monoisotopic (exact) mass is 414 g/mol. The molecule has 0 atom stereocenters. The summed E-state index contributed by atoms with van der Waals surface area (Å²) >= 11 is 0. The lowest BCUT2D eigenvalue weighted by molar-refractivity contribution is 1.19. The first kappa shape index (κ1) is 20.4. The SMILES string of the molecule is Cc1ccc(C#C[Si](C#Cc2ccc(C)nc2)(c2ccccc2)c2ccccc2)cn1. The molecule has 2 heterocycles. The topological polar surface area (TPSA) is 25.8 Å². The lowest BCUT2D eigenvalue weighted by Crippen LogP contribution is -2.57. The Balaban J connectivity index is 1.93. The van der Waals surface area contributed by atoms with Gasteiger partial charge in [-0.1, -0.05) is 83.6 Å². The smallest absolute Gasteiger partial charge is 0.260 e. The number of rotatable bonds is 2. The first-order valence-electron chi connectivity index (χ1n) is 10.2. The van der Waals surface area contributed by atoms with E-state index in [9.17, 15) is 0 Å². The maximum Gasteiger partial charge on any atom is 0.276 e. The van der Waals surface area contributed by atoms with Crippen LogP contribution in [0.4, 0.5) is 0 Å². The summed E-state index contributed by atoms with van der Waals surface area (Å²) in [7, 11) is -2.72. The van der Waals surface area contributed by atoms with Gasteiger partial charge in [-0.3, -0.25) is 9.97 Å². The molecule has 0 amide bonds. The van der Waals surface area contributed by atoms with Gasteiger partial charge in [0.25, 0.3) is 8.07 Å². The average molecular weight is 415 g/mol. The van der Waals surface area contributed by atoms with Crippen molar-refractivity contribution in [3.8, 4) is 22.9 Å². The quantitative estimate of drug-likeness (QED) is 0.368. The summed E-state index contributed by atoms with van der Waals surface area (Å²) in [5, 5.41) is 2.34. The van der Waals surface area contributed by atoms with Gasteiger partial charge in [-0.05, 0) is 48.5 Å². The fourth-order valence-corrected chi connectivity index (χ4v) is 6.30. The minimum absolute atomic E-state index is 0.896. The molecule has 0 aliphatic carbocycles. The van der Waals surface area contributed by atoms with E-state index >= 15 is 0 Å². The molecule has 0 bridgehead atoms. The summed E-state index contributed by atoms with van der Waals surface area (Å²) in [6, 6.07) is 28.9. The average Bonchev–Trinajstić information content (AvgIpc) is 2.83. The van der Waals surface area contributed by atoms with E-state index in [4.69, 9.17) is 0 Å². The van der Waals surface area contributed by atoms with Crippen LogP contribution < -0.4 is 10.4 Å². The molecule has 4 aromatic rings. The van der Waals surface area contributed by atoms with Gasteiger partial charge in [-0.25, -0.2) is 0 Å². The van der Waals surface area contributed by atoms with Gasteiger partial charge in [-0.2, -0.15) is 0 Å². The second-order valence-electron chi connectivity index (χ2n) is 7.36. The van der Waals surface area contributed by atoms with Crippen LogP contribution in [-0.4, -0.2) is 18.0 Å². The van der Waals surface area contributed by atoms with E-state index in [1.165, 1.54) is 10.4 Å². The van der Waals surface area contributed by atoms with Gasteiger partial charge < -0.3 is 0 Å². The van der Waals surface area contributed by atoms with Crippen molar-refractivity contribution in [1.82, 2.24) is 9.97 Å². The first-order valence-corrected chi connectivity index (χ1v) is 12.2. The molecule has 3 heteroatoms. The molecule has 148 valence electrons. The minimum Gasteiger partial charge on any atom is -0.260 e. The molecule has 0 saturated carbocycles. The molecule has 0 spiro atoms. The Morgan fingerprint density at radius 1 is 0.548 bits per heavy atom. The van der Waals surface area contributed by atoms with Crippen LogP contribution in [0.1, 0.15) is 22.5 Å². The van der Waals surface area contributed by atoms with Gasteiger partial charge in [0.1, 0.15) is 0 Å². The third-order valence-electron chi connectivity index (χ3n) is 5.03. The number of pyridine rings is 2. The standard InChI is InChI=1S/C28H22N2Si/c1-23-13-15-25(21-29-23)17-19-31(27-9-5-3-6-10-27,28-11-7-4-8-12-28)20-18-26-16-14-24(2)30-22-26/h3-16,21-22H,1-2H3. The Kier molecular flexibility index (Phi) is 6.08. The Hall–Kier alpha value is -3.92. The molecule has 0 saturated heterocycles. The minimum atomic E-state index is -2.72. The zero-order chi connectivity index (χ0) is 21.5. The van der Waals surface area contributed by atoms with Crippen LogP contribution in [-0.2, 0) is 0 Å². The van der Waals surface area contributed by atoms with Crippen LogP contribution >= 0.6 is 0 Å². The lowest BCUT2D eigenvalue weighted by atomic mass is 10.3. The van der Waals surface area contributed by atoms with Crippen molar-refractivity contribution in [2.75, 3.05) is 0 Å². The molecule has 0 unspecified atom stereocenters. The molecule has 2 aromatic carbocycles. The molecule has 0 aliphatic heterocycles. The van der Waals surface area contributed by atoms with Crippen molar-refractivity contribution >= 4 is 18.4 Å². The molecular weight excluding hydrogens is 392 g/mol. The van der Waals surface area contributed by atoms with Crippen molar-refractivity contribution in [2.24, 2.45) is 0 Å². The first-order chi connectivity index (χ1) is 15.2. The van der Waals surface area contributed by atoms with E-state index < -0.39 is 8.07 Å². The zero-order valence-electron chi connectivity index (χ0n) is 17.6. The second-order valence-corrected chi connectivity index (χ2v) is 10.5. The summed E-state index contributed by atoms with van der Waals surface area (Å²) < 4.78 is 0. The molecule has 0 aliphatic rings. The highest BCUT2D eigenvalue weighted by molar-refractivity contribution is 7.13. The zero-order valence-corrected chi connectivity index (χ0v) is 18.6. The molecule has 0 radical (unpaired) electrons. The Morgan fingerprint density at radius 2 is 0.968 bits per heavy atom. The van der Waals surface area contributed by atoms with Crippen molar-refractivity contribution < 1.29 is 0 Å². The fraction of sp³-hybridized carbons (Fsp3) is 0.0714. The van der Waals surface area contributed by atoms with Gasteiger partial charge in [0.05, 0.1) is 0 Å². The van der Waals surface area contributed by atoms with Crippen LogP contribution in [0, 0.1) is 36.8 Å². The van der Waals surface area contributed by atoms with Crippen LogP contribution in [0.25, 0.3) is 0 Å². The van der Waals surface area contributed by atoms with E-state index in [0.717, 1.165) is 22.5 Å². The molecule has 4 rings (SSSR count). The Bertz CT molecular complexity index is 1170. The maximum atomic E-state index is 4.40. The highest BCUT2D eigenvalue weighted by Crippen LogP contribution is 2.07. The highest BCUT2D eigenvalue weighted by Gasteiger charge is 2.34. The van der Waals surface area contributed by atoms with Crippen molar-refractivity contribution in [3.05, 3.63) is 120 Å². The van der Waals surface area contributed by atoms with Crippen molar-refractivity contribution in [3.63, 3.8) is 0 Å². The highest BCUT2D eigenvalue weighted by atomic mass is 28.3. The number of hydrogen-bond acceptors (Lipinski definition) is 2. The van der Waals surface area contributed by atoms with Gasteiger partial charge in [0, 0.05) is 34.9 Å². The number of nitrogens with zero attached hydrogens (tertiary/aromatic N) is 2. The predicted molar refractivity (Wildman–Crippen MR) is 130 cm³/mol. The lowest BCUT2D eigenvalue weighted by Gasteiger charge is -2.21. The Morgan fingerprint density at radius 3 is 1.32 bits per heavy atom. The van der Waals surface area contributed by atoms with Gasteiger partial charge in [0.15, 0.2) is 0 Å². The fourth-order valence-electron chi connectivity index (χ4n) is 3.28. The van der Waals surface area contributed by atoms with Crippen LogP contribution in [0.15, 0.2) is 97.3 Å². The van der Waals surface area contributed by atoms with Crippen LogP contribution in [0.3, 0.4) is 0 Å². The van der Waals surface area contributed by atoms with Crippen LogP contribution in [0.5, 0.6) is 0 Å². The number of benzene rings is 2.